The highest BCUT2D eigenvalue weighted by Crippen LogP contribution is 2.38. The van der Waals surface area contributed by atoms with Crippen LogP contribution in [0.4, 0.5) is 0 Å². The fraction of sp³-hybridized carbons (Fsp3) is 0.500. The minimum Gasteiger partial charge on any atom is -0.497 e. The number of benzene rings is 1. The van der Waals surface area contributed by atoms with Gasteiger partial charge in [-0.1, -0.05) is 0 Å². The van der Waals surface area contributed by atoms with Crippen molar-refractivity contribution in [2.24, 2.45) is 0 Å². The van der Waals surface area contributed by atoms with Crippen molar-refractivity contribution in [3.63, 3.8) is 0 Å². The number of methoxy groups -OCH3 is 1. The van der Waals surface area contributed by atoms with E-state index in [-0.39, 0.29) is 0 Å². The molecule has 19 heavy (non-hydrogen) atoms. The third-order valence-electron chi connectivity index (χ3n) is 4.10. The van der Waals surface area contributed by atoms with Crippen molar-refractivity contribution >= 4 is 10.9 Å². The largest absolute Gasteiger partial charge is 0.497 e. The van der Waals surface area contributed by atoms with Crippen LogP contribution in [-0.2, 0) is 6.42 Å². The number of ether oxygens (including phenoxy) is 1. The van der Waals surface area contributed by atoms with Gasteiger partial charge in [0, 0.05) is 23.1 Å². The van der Waals surface area contributed by atoms with Crippen molar-refractivity contribution in [2.75, 3.05) is 27.7 Å². The molecule has 1 heterocycles. The van der Waals surface area contributed by atoms with Gasteiger partial charge >= 0.3 is 0 Å². The molecule has 1 aliphatic rings. The number of hydrogen-bond acceptors (Lipinski definition) is 2. The molecule has 0 fully saturated rings. The molecule has 2 aromatic rings. The van der Waals surface area contributed by atoms with Crippen molar-refractivity contribution in [2.45, 2.75) is 25.2 Å². The number of H-pyrrole nitrogens is 1. The summed E-state index contributed by atoms with van der Waals surface area (Å²) in [7, 11) is 6.05. The van der Waals surface area contributed by atoms with E-state index < -0.39 is 0 Å². The van der Waals surface area contributed by atoms with E-state index in [2.05, 4.69) is 36.1 Å². The fourth-order valence-corrected chi connectivity index (χ4v) is 3.33. The number of aryl methyl sites for hydroxylation is 1. The molecule has 102 valence electrons. The van der Waals surface area contributed by atoms with Crippen molar-refractivity contribution in [3.05, 3.63) is 29.5 Å². The zero-order chi connectivity index (χ0) is 13.4. The van der Waals surface area contributed by atoms with E-state index in [1.54, 1.807) is 7.11 Å². The van der Waals surface area contributed by atoms with E-state index in [1.807, 2.05) is 6.07 Å². The molecule has 1 aliphatic carbocycles. The second-order valence-corrected chi connectivity index (χ2v) is 5.78. The van der Waals surface area contributed by atoms with Gasteiger partial charge in [-0.3, -0.25) is 0 Å². The van der Waals surface area contributed by atoms with Crippen LogP contribution in [0.5, 0.6) is 5.75 Å². The van der Waals surface area contributed by atoms with Gasteiger partial charge in [0.2, 0.25) is 0 Å². The molecule has 3 heteroatoms. The summed E-state index contributed by atoms with van der Waals surface area (Å²) in [6.45, 7) is 1.12. The van der Waals surface area contributed by atoms with Gasteiger partial charge in [-0.05, 0) is 63.0 Å². The molecular weight excluding hydrogens is 236 g/mol. The Morgan fingerprint density at radius 2 is 2.21 bits per heavy atom. The Balaban J connectivity index is 2.11. The molecular formula is C16H22N2O. The second kappa shape index (κ2) is 4.89. The molecule has 1 aromatic carbocycles. The third kappa shape index (κ3) is 2.23. The van der Waals surface area contributed by atoms with Crippen LogP contribution < -0.4 is 4.74 Å². The Labute approximate surface area is 114 Å². The zero-order valence-electron chi connectivity index (χ0n) is 12.0. The second-order valence-electron chi connectivity index (χ2n) is 5.78. The number of fused-ring (bicyclic) bond motifs is 3. The molecule has 1 aromatic heterocycles. The Morgan fingerprint density at radius 3 is 2.95 bits per heavy atom. The summed E-state index contributed by atoms with van der Waals surface area (Å²) in [5.41, 5.74) is 4.20. The Kier molecular flexibility index (Phi) is 3.23. The number of aromatic amines is 1. The monoisotopic (exact) mass is 258 g/mol. The molecule has 0 radical (unpaired) electrons. The molecule has 1 atom stereocenters. The summed E-state index contributed by atoms with van der Waals surface area (Å²) in [6.07, 6.45) is 3.75. The van der Waals surface area contributed by atoms with Gasteiger partial charge in [0.05, 0.1) is 7.11 Å². The van der Waals surface area contributed by atoms with E-state index in [4.69, 9.17) is 4.74 Å². The van der Waals surface area contributed by atoms with Gasteiger partial charge in [-0.15, -0.1) is 0 Å². The van der Waals surface area contributed by atoms with Crippen LogP contribution in [0.2, 0.25) is 0 Å². The highest BCUT2D eigenvalue weighted by atomic mass is 16.5. The van der Waals surface area contributed by atoms with Crippen molar-refractivity contribution in [1.82, 2.24) is 9.88 Å². The van der Waals surface area contributed by atoms with Gasteiger partial charge in [0.15, 0.2) is 0 Å². The van der Waals surface area contributed by atoms with Crippen LogP contribution in [0, 0.1) is 0 Å². The third-order valence-corrected chi connectivity index (χ3v) is 4.10. The molecule has 0 saturated heterocycles. The highest BCUT2D eigenvalue weighted by Gasteiger charge is 2.25. The zero-order valence-corrected chi connectivity index (χ0v) is 12.0. The standard InChI is InChI=1S/C16H22N2O/c1-18(2)10-11-5-4-6-15-16(11)13-9-12(19-3)7-8-14(13)17-15/h7-9,11,17H,4-6,10H2,1-3H3/t11-/m1/s1. The summed E-state index contributed by atoms with van der Waals surface area (Å²) in [5.74, 6) is 1.59. The summed E-state index contributed by atoms with van der Waals surface area (Å²) in [4.78, 5) is 5.89. The molecule has 0 spiro atoms. The topological polar surface area (TPSA) is 28.3 Å². The quantitative estimate of drug-likeness (QED) is 0.916. The Hall–Kier alpha value is -1.48. The molecule has 3 rings (SSSR count). The average molecular weight is 258 g/mol. The molecule has 0 bridgehead atoms. The maximum absolute atomic E-state index is 5.37. The summed E-state index contributed by atoms with van der Waals surface area (Å²) < 4.78 is 5.37. The van der Waals surface area contributed by atoms with Crippen LogP contribution in [0.25, 0.3) is 10.9 Å². The van der Waals surface area contributed by atoms with Gasteiger partial charge in [-0.2, -0.15) is 0 Å². The molecule has 1 N–H and O–H groups in total. The minimum atomic E-state index is 0.639. The van der Waals surface area contributed by atoms with E-state index in [0.717, 1.165) is 12.3 Å². The van der Waals surface area contributed by atoms with Gasteiger partial charge in [0.1, 0.15) is 5.75 Å². The normalized spacial score (nSPS) is 18.8. The van der Waals surface area contributed by atoms with Gasteiger partial charge in [-0.25, -0.2) is 0 Å². The first-order valence-electron chi connectivity index (χ1n) is 7.02. The minimum absolute atomic E-state index is 0.639. The predicted octanol–water partition coefficient (Wildman–Crippen LogP) is 3.16. The Morgan fingerprint density at radius 1 is 1.37 bits per heavy atom. The first-order chi connectivity index (χ1) is 9.19. The van der Waals surface area contributed by atoms with E-state index in [0.29, 0.717) is 5.92 Å². The number of nitrogens with zero attached hydrogens (tertiary/aromatic N) is 1. The maximum atomic E-state index is 5.37. The summed E-state index contributed by atoms with van der Waals surface area (Å²) in [5, 5.41) is 1.35. The van der Waals surface area contributed by atoms with Gasteiger partial charge < -0.3 is 14.6 Å². The number of likely N-dealkylation sites (N-methyl/N-ethyl adjacent to an activating group) is 1. The van der Waals surface area contributed by atoms with Crippen molar-refractivity contribution < 1.29 is 4.74 Å². The van der Waals surface area contributed by atoms with E-state index in [9.17, 15) is 0 Å². The highest BCUT2D eigenvalue weighted by molar-refractivity contribution is 5.87. The Bertz CT molecular complexity index is 586. The molecule has 0 aliphatic heterocycles. The number of aromatic nitrogens is 1. The lowest BCUT2D eigenvalue weighted by atomic mass is 9.85. The summed E-state index contributed by atoms with van der Waals surface area (Å²) in [6, 6.07) is 6.35. The lowest BCUT2D eigenvalue weighted by Gasteiger charge is -2.26. The van der Waals surface area contributed by atoms with Crippen LogP contribution in [-0.4, -0.2) is 37.6 Å². The first kappa shape index (κ1) is 12.5. The fourth-order valence-electron chi connectivity index (χ4n) is 3.33. The SMILES string of the molecule is COc1ccc2[nH]c3c(c2c1)[C@@H](CN(C)C)CCC3. The lowest BCUT2D eigenvalue weighted by Crippen LogP contribution is -2.23. The van der Waals surface area contributed by atoms with E-state index in [1.165, 1.54) is 41.4 Å². The van der Waals surface area contributed by atoms with Crippen molar-refractivity contribution in [1.29, 1.82) is 0 Å². The van der Waals surface area contributed by atoms with Gasteiger partial charge in [0.25, 0.3) is 0 Å². The van der Waals surface area contributed by atoms with Crippen molar-refractivity contribution in [3.8, 4) is 5.75 Å². The number of nitrogens with one attached hydrogen (secondary N) is 1. The predicted molar refractivity (Wildman–Crippen MR) is 79.1 cm³/mol. The maximum Gasteiger partial charge on any atom is 0.119 e. The smallest absolute Gasteiger partial charge is 0.119 e. The summed E-state index contributed by atoms with van der Waals surface area (Å²) >= 11 is 0. The van der Waals surface area contributed by atoms with Crippen LogP contribution in [0.1, 0.15) is 30.0 Å². The molecule has 0 amide bonds. The van der Waals surface area contributed by atoms with Crippen LogP contribution in [0.15, 0.2) is 18.2 Å². The average Bonchev–Trinajstić information content (AvgIpc) is 2.76. The van der Waals surface area contributed by atoms with Crippen LogP contribution in [0.3, 0.4) is 0 Å². The molecule has 0 saturated carbocycles. The number of rotatable bonds is 3. The molecule has 3 nitrogen and oxygen atoms in total. The van der Waals surface area contributed by atoms with E-state index >= 15 is 0 Å². The number of hydrogen-bond donors (Lipinski definition) is 1. The van der Waals surface area contributed by atoms with Crippen LogP contribution >= 0.6 is 0 Å². The first-order valence-corrected chi connectivity index (χ1v) is 7.02. The molecule has 0 unspecified atom stereocenters. The lowest BCUT2D eigenvalue weighted by molar-refractivity contribution is 0.353.